The molecule has 4 N–H and O–H groups in total. The third-order valence-electron chi connectivity index (χ3n) is 7.06. The van der Waals surface area contributed by atoms with E-state index in [1.165, 1.54) is 32.4 Å². The first kappa shape index (κ1) is 22.2. The van der Waals surface area contributed by atoms with E-state index < -0.39 is 0 Å². The molecular formula is C21H38N6O2. The summed E-state index contributed by atoms with van der Waals surface area (Å²) >= 11 is 0. The number of urea groups is 1. The fraction of sp³-hybridized carbons (Fsp3) is 0.905. The van der Waals surface area contributed by atoms with Crippen LogP contribution in [-0.2, 0) is 4.79 Å². The van der Waals surface area contributed by atoms with Gasteiger partial charge in [-0.25, -0.2) is 14.6 Å². The predicted octanol–water partition coefficient (Wildman–Crippen LogP) is 0.783. The molecule has 0 bridgehead atoms. The van der Waals surface area contributed by atoms with Crippen molar-refractivity contribution in [3.05, 3.63) is 0 Å². The lowest BCUT2D eigenvalue weighted by Crippen LogP contribution is -2.56. The van der Waals surface area contributed by atoms with Crippen molar-refractivity contribution in [3.63, 3.8) is 0 Å². The fourth-order valence-corrected chi connectivity index (χ4v) is 5.68. The minimum absolute atomic E-state index is 0.0687. The minimum atomic E-state index is -0.0687. The number of carbonyl (C=O) groups is 1. The summed E-state index contributed by atoms with van der Waals surface area (Å²) in [5.41, 5.74) is 5.67. The van der Waals surface area contributed by atoms with Crippen molar-refractivity contribution >= 4 is 12.1 Å². The predicted molar refractivity (Wildman–Crippen MR) is 113 cm³/mol. The van der Waals surface area contributed by atoms with Gasteiger partial charge < -0.3 is 21.3 Å². The number of hydrogen-bond acceptors (Lipinski definition) is 6. The van der Waals surface area contributed by atoms with Gasteiger partial charge in [-0.1, -0.05) is 0 Å². The fourth-order valence-electron chi connectivity index (χ4n) is 5.68. The van der Waals surface area contributed by atoms with Gasteiger partial charge in [0.25, 0.3) is 0 Å². The van der Waals surface area contributed by atoms with Gasteiger partial charge >= 0.3 is 6.03 Å². The maximum atomic E-state index is 12.1. The molecular weight excluding hydrogens is 368 g/mol. The van der Waals surface area contributed by atoms with Gasteiger partial charge in [0.2, 0.25) is 6.08 Å². The second-order valence-corrected chi connectivity index (χ2v) is 8.75. The number of nitrogens with zero attached hydrogens (tertiary/aromatic N) is 3. The van der Waals surface area contributed by atoms with Crippen LogP contribution in [0.15, 0.2) is 4.99 Å². The van der Waals surface area contributed by atoms with Crippen LogP contribution in [0.3, 0.4) is 0 Å². The first-order valence-corrected chi connectivity index (χ1v) is 11.5. The number of amides is 2. The molecule has 0 aromatic rings. The molecule has 3 fully saturated rings. The molecule has 0 aromatic carbocycles. The van der Waals surface area contributed by atoms with E-state index in [1.54, 1.807) is 6.08 Å². The standard InChI is InChI=1S/C21H38N6O2/c22-7-3-13-27-14-6-18-17(19(20(18)27)15-23-16-28)5-9-25-21(29)24-8-4-12-26-10-1-2-11-26/h17-20H,1-15,22H2,(H2,24,25,29). The second-order valence-electron chi connectivity index (χ2n) is 8.75. The lowest BCUT2D eigenvalue weighted by Gasteiger charge is -2.51. The number of rotatable bonds is 12. The highest BCUT2D eigenvalue weighted by atomic mass is 16.2. The van der Waals surface area contributed by atoms with Crippen molar-refractivity contribution < 1.29 is 9.59 Å². The Morgan fingerprint density at radius 1 is 1.07 bits per heavy atom. The van der Waals surface area contributed by atoms with Crippen molar-refractivity contribution in [2.24, 2.45) is 28.5 Å². The number of fused-ring (bicyclic) bond motifs is 1. The zero-order valence-corrected chi connectivity index (χ0v) is 17.7. The van der Waals surface area contributed by atoms with E-state index in [0.717, 1.165) is 45.4 Å². The molecule has 3 rings (SSSR count). The van der Waals surface area contributed by atoms with Crippen LogP contribution in [-0.4, -0.2) is 86.9 Å². The molecule has 164 valence electrons. The van der Waals surface area contributed by atoms with E-state index >= 15 is 0 Å². The van der Waals surface area contributed by atoms with E-state index in [9.17, 15) is 9.59 Å². The first-order chi connectivity index (χ1) is 14.2. The summed E-state index contributed by atoms with van der Waals surface area (Å²) in [6.07, 6.45) is 8.48. The van der Waals surface area contributed by atoms with E-state index in [4.69, 9.17) is 5.73 Å². The van der Waals surface area contributed by atoms with Crippen molar-refractivity contribution in [1.82, 2.24) is 20.4 Å². The summed E-state index contributed by atoms with van der Waals surface area (Å²) in [4.78, 5) is 31.6. The average molecular weight is 407 g/mol. The van der Waals surface area contributed by atoms with Crippen LogP contribution in [0.1, 0.15) is 38.5 Å². The SMILES string of the molecule is NCCCN1CCC2C(CCNC(=O)NCCCN3CCCC3)C(CN=C=O)C21. The molecule has 2 amide bonds. The Hall–Kier alpha value is -1.47. The van der Waals surface area contributed by atoms with Crippen LogP contribution in [0.4, 0.5) is 4.79 Å². The van der Waals surface area contributed by atoms with Gasteiger partial charge in [-0.15, -0.1) is 0 Å². The molecule has 1 saturated carbocycles. The van der Waals surface area contributed by atoms with Crippen molar-refractivity contribution in [1.29, 1.82) is 0 Å². The first-order valence-electron chi connectivity index (χ1n) is 11.5. The van der Waals surface area contributed by atoms with Gasteiger partial charge in [-0.2, -0.15) is 0 Å². The molecule has 4 unspecified atom stereocenters. The van der Waals surface area contributed by atoms with E-state index in [1.807, 2.05) is 0 Å². The second kappa shape index (κ2) is 11.6. The number of aliphatic imine (C=N–C) groups is 1. The Bertz CT molecular complexity index is 561. The topological polar surface area (TPSA) is 103 Å². The van der Waals surface area contributed by atoms with Crippen LogP contribution >= 0.6 is 0 Å². The maximum Gasteiger partial charge on any atom is 0.314 e. The highest BCUT2D eigenvalue weighted by Gasteiger charge is 2.54. The number of likely N-dealkylation sites (tertiary alicyclic amines) is 2. The molecule has 0 spiro atoms. The smallest absolute Gasteiger partial charge is 0.314 e. The van der Waals surface area contributed by atoms with Gasteiger partial charge in [-0.3, -0.25) is 4.90 Å². The molecule has 8 nitrogen and oxygen atoms in total. The Morgan fingerprint density at radius 2 is 1.86 bits per heavy atom. The summed E-state index contributed by atoms with van der Waals surface area (Å²) in [7, 11) is 0. The van der Waals surface area contributed by atoms with Crippen LogP contribution in [0, 0.1) is 17.8 Å². The minimum Gasteiger partial charge on any atom is -0.338 e. The lowest BCUT2D eigenvalue weighted by atomic mass is 9.59. The summed E-state index contributed by atoms with van der Waals surface area (Å²) in [5.74, 6) is 1.58. The van der Waals surface area contributed by atoms with Gasteiger partial charge in [0.1, 0.15) is 0 Å². The van der Waals surface area contributed by atoms with Crippen molar-refractivity contribution in [3.8, 4) is 0 Å². The van der Waals surface area contributed by atoms with Gasteiger partial charge in [0.15, 0.2) is 0 Å². The molecule has 0 aromatic heterocycles. The van der Waals surface area contributed by atoms with Gasteiger partial charge in [-0.05, 0) is 95.5 Å². The van der Waals surface area contributed by atoms with E-state index in [-0.39, 0.29) is 6.03 Å². The van der Waals surface area contributed by atoms with Crippen molar-refractivity contribution in [2.75, 3.05) is 58.9 Å². The van der Waals surface area contributed by atoms with Crippen LogP contribution in [0.2, 0.25) is 0 Å². The zero-order valence-electron chi connectivity index (χ0n) is 17.7. The Balaban J connectivity index is 1.34. The molecule has 2 aliphatic heterocycles. The van der Waals surface area contributed by atoms with Crippen LogP contribution in [0.5, 0.6) is 0 Å². The molecule has 2 saturated heterocycles. The molecule has 29 heavy (non-hydrogen) atoms. The highest BCUT2D eigenvalue weighted by molar-refractivity contribution is 5.73. The zero-order chi connectivity index (χ0) is 20.5. The Kier molecular flexibility index (Phi) is 8.92. The monoisotopic (exact) mass is 406 g/mol. The summed E-state index contributed by atoms with van der Waals surface area (Å²) in [6.45, 7) is 8.29. The number of nitrogens with one attached hydrogen (secondary N) is 2. The molecule has 1 aliphatic carbocycles. The van der Waals surface area contributed by atoms with Crippen LogP contribution < -0.4 is 16.4 Å². The molecule has 3 aliphatic rings. The quantitative estimate of drug-likeness (QED) is 0.253. The van der Waals surface area contributed by atoms with E-state index in [2.05, 4.69) is 25.4 Å². The largest absolute Gasteiger partial charge is 0.338 e. The molecule has 0 radical (unpaired) electrons. The molecule has 4 atom stereocenters. The Morgan fingerprint density at radius 3 is 2.62 bits per heavy atom. The Labute approximate surface area is 174 Å². The van der Waals surface area contributed by atoms with Gasteiger partial charge in [0, 0.05) is 19.1 Å². The van der Waals surface area contributed by atoms with Crippen molar-refractivity contribution in [2.45, 2.75) is 44.6 Å². The number of nitrogens with two attached hydrogens (primary N) is 1. The third kappa shape index (κ3) is 6.01. The highest BCUT2D eigenvalue weighted by Crippen LogP contribution is 2.51. The summed E-state index contributed by atoms with van der Waals surface area (Å²) in [6, 6.07) is 0.448. The van der Waals surface area contributed by atoms with Gasteiger partial charge in [0.05, 0.1) is 6.54 Å². The van der Waals surface area contributed by atoms with Crippen LogP contribution in [0.25, 0.3) is 0 Å². The summed E-state index contributed by atoms with van der Waals surface area (Å²) in [5, 5.41) is 5.98. The maximum absolute atomic E-state index is 12.1. The summed E-state index contributed by atoms with van der Waals surface area (Å²) < 4.78 is 0. The molecule has 2 heterocycles. The number of hydrogen-bond donors (Lipinski definition) is 3. The van der Waals surface area contributed by atoms with E-state index in [0.29, 0.717) is 43.4 Å². The number of carbonyl (C=O) groups excluding carboxylic acids is 2. The number of isocyanates is 1. The molecule has 8 heteroatoms. The third-order valence-corrected chi connectivity index (χ3v) is 7.06. The normalized spacial score (nSPS) is 29.1. The average Bonchev–Trinajstić information content (AvgIpc) is 3.35. The lowest BCUT2D eigenvalue weighted by molar-refractivity contribution is -0.0117.